The van der Waals surface area contributed by atoms with E-state index >= 15 is 0 Å². The number of imidazole rings is 1. The fourth-order valence-electron chi connectivity index (χ4n) is 1.54. The lowest BCUT2D eigenvalue weighted by molar-refractivity contribution is 0.407. The largest absolute Gasteiger partial charge is 0.507 e. The van der Waals surface area contributed by atoms with E-state index in [0.717, 1.165) is 5.69 Å². The molecule has 1 heterocycles. The van der Waals surface area contributed by atoms with Crippen LogP contribution >= 0.6 is 11.6 Å². The number of phenolic OH excluding ortho intramolecular Hbond substituents is 1. The molecule has 0 bridgehead atoms. The van der Waals surface area contributed by atoms with Crippen molar-refractivity contribution < 1.29 is 9.84 Å². The van der Waals surface area contributed by atoms with Crippen LogP contribution in [0.2, 0.25) is 5.02 Å². The first-order chi connectivity index (χ1) is 9.01. The van der Waals surface area contributed by atoms with Crippen LogP contribution < -0.4 is 10.5 Å². The molecule has 0 saturated heterocycles. The molecule has 0 radical (unpaired) electrons. The van der Waals surface area contributed by atoms with Crippen molar-refractivity contribution in [2.75, 3.05) is 12.8 Å². The summed E-state index contributed by atoms with van der Waals surface area (Å²) in [5.74, 6) is 0.707. The fourth-order valence-corrected chi connectivity index (χ4v) is 1.79. The smallest absolute Gasteiger partial charge is 0.221 e. The molecule has 0 spiro atoms. The Kier molecular flexibility index (Phi) is 3.62. The van der Waals surface area contributed by atoms with E-state index in [9.17, 15) is 5.11 Å². The zero-order chi connectivity index (χ0) is 14.0. The van der Waals surface area contributed by atoms with Gasteiger partial charge in [0.15, 0.2) is 0 Å². The lowest BCUT2D eigenvalue weighted by Gasteiger charge is -2.05. The molecule has 3 N–H and O–H groups in total. The summed E-state index contributed by atoms with van der Waals surface area (Å²) >= 11 is 6.04. The van der Waals surface area contributed by atoms with Gasteiger partial charge in [0.2, 0.25) is 5.95 Å². The third kappa shape index (κ3) is 2.79. The molecule has 0 aliphatic heterocycles. The van der Waals surface area contributed by atoms with Crippen LogP contribution in [0.3, 0.4) is 0 Å². The molecule has 0 unspecified atom stereocenters. The molecular formula is C12H13ClN4O2. The van der Waals surface area contributed by atoms with Gasteiger partial charge < -0.3 is 15.6 Å². The van der Waals surface area contributed by atoms with Gasteiger partial charge in [-0.25, -0.2) is 9.66 Å². The van der Waals surface area contributed by atoms with Gasteiger partial charge in [-0.1, -0.05) is 11.6 Å². The molecule has 19 heavy (non-hydrogen) atoms. The molecule has 2 aromatic rings. The van der Waals surface area contributed by atoms with Gasteiger partial charge in [0, 0.05) is 6.07 Å². The van der Waals surface area contributed by atoms with E-state index < -0.39 is 0 Å². The number of aromatic hydroxyl groups is 1. The summed E-state index contributed by atoms with van der Waals surface area (Å²) in [5, 5.41) is 14.3. The highest BCUT2D eigenvalue weighted by molar-refractivity contribution is 6.33. The van der Waals surface area contributed by atoms with E-state index in [0.29, 0.717) is 16.3 Å². The molecule has 0 saturated carbocycles. The maximum absolute atomic E-state index is 9.84. The van der Waals surface area contributed by atoms with E-state index in [1.165, 1.54) is 24.1 Å². The fraction of sp³-hybridized carbons (Fsp3) is 0.167. The number of hydrogen-bond acceptors (Lipinski definition) is 5. The lowest BCUT2D eigenvalue weighted by atomic mass is 10.2. The normalized spacial score (nSPS) is 11.1. The van der Waals surface area contributed by atoms with E-state index in [1.54, 1.807) is 19.2 Å². The number of nitrogen functional groups attached to an aromatic ring is 1. The molecule has 7 heteroatoms. The Hall–Kier alpha value is -2.21. The molecule has 0 amide bonds. The molecule has 0 fully saturated rings. The van der Waals surface area contributed by atoms with Gasteiger partial charge in [0.1, 0.15) is 11.5 Å². The predicted octanol–water partition coefficient (Wildman–Crippen LogP) is 2.02. The van der Waals surface area contributed by atoms with E-state index in [4.69, 9.17) is 22.1 Å². The molecule has 1 aromatic heterocycles. The zero-order valence-corrected chi connectivity index (χ0v) is 11.2. The number of hydrogen-bond donors (Lipinski definition) is 2. The van der Waals surface area contributed by atoms with Gasteiger partial charge in [-0.2, -0.15) is 5.10 Å². The summed E-state index contributed by atoms with van der Waals surface area (Å²) in [5.41, 5.74) is 6.78. The first kappa shape index (κ1) is 13.2. The molecule has 0 aliphatic carbocycles. The topological polar surface area (TPSA) is 85.7 Å². The number of aromatic nitrogens is 2. The highest BCUT2D eigenvalue weighted by Gasteiger charge is 2.08. The molecule has 0 atom stereocenters. The predicted molar refractivity (Wildman–Crippen MR) is 74.0 cm³/mol. The van der Waals surface area contributed by atoms with E-state index in [2.05, 4.69) is 10.1 Å². The van der Waals surface area contributed by atoms with E-state index in [-0.39, 0.29) is 11.7 Å². The Bertz CT molecular complexity index is 614. The van der Waals surface area contributed by atoms with Gasteiger partial charge in [-0.05, 0) is 13.0 Å². The van der Waals surface area contributed by atoms with Gasteiger partial charge >= 0.3 is 0 Å². The summed E-state index contributed by atoms with van der Waals surface area (Å²) in [6.45, 7) is 1.81. The average molecular weight is 281 g/mol. The molecule has 1 aromatic carbocycles. The van der Waals surface area contributed by atoms with Crippen molar-refractivity contribution >= 4 is 23.8 Å². The monoisotopic (exact) mass is 280 g/mol. The summed E-state index contributed by atoms with van der Waals surface area (Å²) in [4.78, 5) is 4.01. The number of methoxy groups -OCH3 is 1. The Balaban J connectivity index is 2.36. The molecule has 100 valence electrons. The van der Waals surface area contributed by atoms with Crippen LogP contribution in [0, 0.1) is 6.92 Å². The third-order valence-corrected chi connectivity index (χ3v) is 2.78. The number of halogens is 1. The number of aryl methyl sites for hydroxylation is 1. The van der Waals surface area contributed by atoms with Crippen LogP contribution in [0.15, 0.2) is 23.4 Å². The minimum atomic E-state index is -0.0245. The Morgan fingerprint density at radius 2 is 2.26 bits per heavy atom. The summed E-state index contributed by atoms with van der Waals surface area (Å²) in [6, 6.07) is 3.04. The maximum atomic E-state index is 9.84. The molecular weight excluding hydrogens is 268 g/mol. The van der Waals surface area contributed by atoms with Gasteiger partial charge in [-0.15, -0.1) is 0 Å². The second-order valence-corrected chi connectivity index (χ2v) is 4.28. The minimum absolute atomic E-state index is 0.0245. The Morgan fingerprint density at radius 3 is 2.79 bits per heavy atom. The maximum Gasteiger partial charge on any atom is 0.221 e. The summed E-state index contributed by atoms with van der Waals surface area (Å²) < 4.78 is 6.39. The first-order valence-corrected chi connectivity index (χ1v) is 5.81. The Morgan fingerprint density at radius 1 is 1.53 bits per heavy atom. The standard InChI is InChI=1S/C12H13ClN4O2/c1-7-6-17(12(14)16-7)15-5-9-10(13)3-8(19-2)4-11(9)18/h3-6,18H,1-2H3,(H2,14,16). The molecule has 2 rings (SSSR count). The van der Waals surface area contributed by atoms with Crippen molar-refractivity contribution in [3.63, 3.8) is 0 Å². The van der Waals surface area contributed by atoms with E-state index in [1.807, 2.05) is 0 Å². The zero-order valence-electron chi connectivity index (χ0n) is 10.5. The van der Waals surface area contributed by atoms with Crippen molar-refractivity contribution in [3.05, 3.63) is 34.6 Å². The van der Waals surface area contributed by atoms with Crippen molar-refractivity contribution in [1.82, 2.24) is 9.66 Å². The number of anilines is 1. The van der Waals surface area contributed by atoms with Gasteiger partial charge in [0.05, 0.1) is 35.8 Å². The number of nitrogens with two attached hydrogens (primary N) is 1. The molecule has 0 aliphatic rings. The van der Waals surface area contributed by atoms with Crippen LogP contribution in [0.25, 0.3) is 0 Å². The van der Waals surface area contributed by atoms with Crippen LogP contribution in [0.1, 0.15) is 11.3 Å². The van der Waals surface area contributed by atoms with Crippen molar-refractivity contribution in [1.29, 1.82) is 0 Å². The highest BCUT2D eigenvalue weighted by atomic mass is 35.5. The number of benzene rings is 1. The number of ether oxygens (including phenoxy) is 1. The first-order valence-electron chi connectivity index (χ1n) is 5.43. The second kappa shape index (κ2) is 5.19. The third-order valence-electron chi connectivity index (χ3n) is 2.46. The SMILES string of the molecule is COc1cc(O)c(C=Nn2cc(C)nc2N)c(Cl)c1. The highest BCUT2D eigenvalue weighted by Crippen LogP contribution is 2.29. The van der Waals surface area contributed by atoms with Gasteiger partial charge in [0.25, 0.3) is 0 Å². The van der Waals surface area contributed by atoms with Crippen LogP contribution in [-0.2, 0) is 0 Å². The van der Waals surface area contributed by atoms with Crippen molar-refractivity contribution in [2.24, 2.45) is 5.10 Å². The Labute approximate surface area is 115 Å². The second-order valence-electron chi connectivity index (χ2n) is 3.87. The summed E-state index contributed by atoms with van der Waals surface area (Å²) in [7, 11) is 1.49. The van der Waals surface area contributed by atoms with Crippen LogP contribution in [-0.4, -0.2) is 28.1 Å². The number of rotatable bonds is 3. The minimum Gasteiger partial charge on any atom is -0.507 e. The molecule has 6 nitrogen and oxygen atoms in total. The number of nitrogens with zero attached hydrogens (tertiary/aromatic N) is 3. The number of phenols is 1. The van der Waals surface area contributed by atoms with Gasteiger partial charge in [-0.3, -0.25) is 0 Å². The lowest BCUT2D eigenvalue weighted by Crippen LogP contribution is -1.97. The van der Waals surface area contributed by atoms with Crippen LogP contribution in [0.5, 0.6) is 11.5 Å². The average Bonchev–Trinajstić information content (AvgIpc) is 2.66. The van der Waals surface area contributed by atoms with Crippen LogP contribution in [0.4, 0.5) is 5.95 Å². The van der Waals surface area contributed by atoms with Crippen molar-refractivity contribution in [3.8, 4) is 11.5 Å². The quantitative estimate of drug-likeness (QED) is 0.842. The van der Waals surface area contributed by atoms with Crippen molar-refractivity contribution in [2.45, 2.75) is 6.92 Å². The summed E-state index contributed by atoms with van der Waals surface area (Å²) in [6.07, 6.45) is 3.08.